The molecule has 1 heterocycles. The van der Waals surface area contributed by atoms with Gasteiger partial charge in [-0.3, -0.25) is 4.79 Å². The van der Waals surface area contributed by atoms with Crippen LogP contribution in [0.5, 0.6) is 5.75 Å². The quantitative estimate of drug-likeness (QED) is 0.804. The molecule has 3 rings (SSSR count). The van der Waals surface area contributed by atoms with Crippen LogP contribution in [-0.4, -0.2) is 55.0 Å². The van der Waals surface area contributed by atoms with Gasteiger partial charge in [-0.1, -0.05) is 30.3 Å². The van der Waals surface area contributed by atoms with Crippen molar-refractivity contribution in [1.29, 1.82) is 0 Å². The molecule has 152 valence electrons. The van der Waals surface area contributed by atoms with Crippen LogP contribution in [0.15, 0.2) is 54.6 Å². The van der Waals surface area contributed by atoms with E-state index in [4.69, 9.17) is 4.74 Å². The molecule has 0 aromatic heterocycles. The summed E-state index contributed by atoms with van der Waals surface area (Å²) in [6.07, 6.45) is 1.64. The Morgan fingerprint density at radius 1 is 1.00 bits per heavy atom. The van der Waals surface area contributed by atoms with Crippen LogP contribution in [0.1, 0.15) is 18.1 Å². The molecule has 0 radical (unpaired) electrons. The molecule has 3 amide bonds. The number of carbonyl (C=O) groups excluding carboxylic acids is 2. The molecule has 0 aliphatic carbocycles. The van der Waals surface area contributed by atoms with Crippen molar-refractivity contribution in [3.8, 4) is 5.75 Å². The first-order valence-corrected chi connectivity index (χ1v) is 9.71. The van der Waals surface area contributed by atoms with E-state index in [-0.39, 0.29) is 11.9 Å². The van der Waals surface area contributed by atoms with Crippen molar-refractivity contribution in [2.75, 3.05) is 38.6 Å². The maximum atomic E-state index is 12.7. The molecule has 1 aliphatic heterocycles. The number of benzene rings is 2. The SMILES string of the molecule is COc1ccccc1C(C)=CC(=O)N1CCN(C(=O)Nc2cccc(C)c2)CC1. The molecule has 1 fully saturated rings. The highest BCUT2D eigenvalue weighted by molar-refractivity contribution is 5.96. The highest BCUT2D eigenvalue weighted by Crippen LogP contribution is 2.25. The largest absolute Gasteiger partial charge is 0.496 e. The van der Waals surface area contributed by atoms with Crippen LogP contribution in [0.25, 0.3) is 5.57 Å². The Morgan fingerprint density at radius 3 is 2.38 bits per heavy atom. The minimum atomic E-state index is -0.136. The Morgan fingerprint density at radius 2 is 1.69 bits per heavy atom. The topological polar surface area (TPSA) is 61.9 Å². The fraction of sp³-hybridized carbons (Fsp3) is 0.304. The van der Waals surface area contributed by atoms with E-state index in [1.54, 1.807) is 23.0 Å². The van der Waals surface area contributed by atoms with Crippen molar-refractivity contribution in [1.82, 2.24) is 9.80 Å². The number of methoxy groups -OCH3 is 1. The lowest BCUT2D eigenvalue weighted by molar-refractivity contribution is -0.127. The maximum absolute atomic E-state index is 12.7. The molecular weight excluding hydrogens is 366 g/mol. The van der Waals surface area contributed by atoms with Gasteiger partial charge in [0.05, 0.1) is 7.11 Å². The number of nitrogens with one attached hydrogen (secondary N) is 1. The number of para-hydroxylation sites is 1. The smallest absolute Gasteiger partial charge is 0.321 e. The third-order valence-corrected chi connectivity index (χ3v) is 5.02. The number of anilines is 1. The Kier molecular flexibility index (Phi) is 6.54. The normalized spacial score (nSPS) is 14.5. The summed E-state index contributed by atoms with van der Waals surface area (Å²) in [6, 6.07) is 15.2. The maximum Gasteiger partial charge on any atom is 0.321 e. The van der Waals surface area contributed by atoms with Crippen LogP contribution in [0.4, 0.5) is 10.5 Å². The molecule has 0 bridgehead atoms. The van der Waals surface area contributed by atoms with E-state index in [2.05, 4.69) is 5.32 Å². The van der Waals surface area contributed by atoms with Crippen LogP contribution in [0.2, 0.25) is 0 Å². The van der Waals surface area contributed by atoms with E-state index >= 15 is 0 Å². The summed E-state index contributed by atoms with van der Waals surface area (Å²) in [6.45, 7) is 5.92. The third kappa shape index (κ3) is 5.16. The van der Waals surface area contributed by atoms with Gasteiger partial charge in [0.15, 0.2) is 0 Å². The van der Waals surface area contributed by atoms with Crippen molar-refractivity contribution in [2.24, 2.45) is 0 Å². The summed E-state index contributed by atoms with van der Waals surface area (Å²) in [5.41, 5.74) is 3.63. The number of piperazine rings is 1. The number of amides is 3. The van der Waals surface area contributed by atoms with Crippen LogP contribution in [0, 0.1) is 6.92 Å². The highest BCUT2D eigenvalue weighted by atomic mass is 16.5. The fourth-order valence-electron chi connectivity index (χ4n) is 3.38. The van der Waals surface area contributed by atoms with Crippen LogP contribution in [-0.2, 0) is 4.79 Å². The molecule has 29 heavy (non-hydrogen) atoms. The van der Waals surface area contributed by atoms with E-state index in [1.807, 2.05) is 62.4 Å². The molecule has 0 atom stereocenters. The van der Waals surface area contributed by atoms with Gasteiger partial charge in [0.1, 0.15) is 5.75 Å². The summed E-state index contributed by atoms with van der Waals surface area (Å²) in [4.78, 5) is 28.7. The molecule has 1 aliphatic rings. The number of carbonyl (C=O) groups is 2. The fourth-order valence-corrected chi connectivity index (χ4v) is 3.38. The van der Waals surface area contributed by atoms with Gasteiger partial charge in [0, 0.05) is 43.5 Å². The van der Waals surface area contributed by atoms with Gasteiger partial charge in [-0.25, -0.2) is 4.79 Å². The minimum Gasteiger partial charge on any atom is -0.496 e. The zero-order valence-electron chi connectivity index (χ0n) is 17.1. The van der Waals surface area contributed by atoms with Crippen LogP contribution >= 0.6 is 0 Å². The van der Waals surface area contributed by atoms with Crippen molar-refractivity contribution < 1.29 is 14.3 Å². The van der Waals surface area contributed by atoms with E-state index in [9.17, 15) is 9.59 Å². The van der Waals surface area contributed by atoms with Crippen molar-refractivity contribution in [3.05, 3.63) is 65.7 Å². The first-order valence-electron chi connectivity index (χ1n) is 9.71. The summed E-state index contributed by atoms with van der Waals surface area (Å²) < 4.78 is 5.37. The number of hydrogen-bond acceptors (Lipinski definition) is 3. The number of ether oxygens (including phenoxy) is 1. The Labute approximate surface area is 171 Å². The first-order chi connectivity index (χ1) is 14.0. The van der Waals surface area contributed by atoms with Gasteiger partial charge >= 0.3 is 6.03 Å². The van der Waals surface area contributed by atoms with E-state index in [0.717, 1.165) is 28.1 Å². The first kappa shape index (κ1) is 20.5. The number of nitrogens with zero attached hydrogens (tertiary/aromatic N) is 2. The lowest BCUT2D eigenvalue weighted by Gasteiger charge is -2.34. The van der Waals surface area contributed by atoms with Crippen molar-refractivity contribution in [3.63, 3.8) is 0 Å². The lowest BCUT2D eigenvalue weighted by atomic mass is 10.1. The summed E-state index contributed by atoms with van der Waals surface area (Å²) in [5.74, 6) is 0.693. The van der Waals surface area contributed by atoms with Gasteiger partial charge in [-0.05, 0) is 43.2 Å². The average molecular weight is 393 g/mol. The van der Waals surface area contributed by atoms with E-state index in [0.29, 0.717) is 26.2 Å². The second-order valence-corrected chi connectivity index (χ2v) is 7.14. The molecule has 1 N–H and O–H groups in total. The molecule has 6 heteroatoms. The number of rotatable bonds is 4. The van der Waals surface area contributed by atoms with Gasteiger partial charge in [0.2, 0.25) is 5.91 Å². The zero-order chi connectivity index (χ0) is 20.8. The molecule has 0 unspecified atom stereocenters. The molecule has 0 saturated carbocycles. The summed E-state index contributed by atoms with van der Waals surface area (Å²) in [7, 11) is 1.62. The van der Waals surface area contributed by atoms with Gasteiger partial charge in [-0.15, -0.1) is 0 Å². The number of aryl methyl sites for hydroxylation is 1. The molecular formula is C23H27N3O3. The van der Waals surface area contributed by atoms with Gasteiger partial charge < -0.3 is 19.9 Å². The predicted octanol–water partition coefficient (Wildman–Crippen LogP) is 3.78. The van der Waals surface area contributed by atoms with Crippen LogP contribution in [0.3, 0.4) is 0 Å². The Balaban J connectivity index is 1.57. The zero-order valence-corrected chi connectivity index (χ0v) is 17.1. The molecule has 0 spiro atoms. The standard InChI is InChI=1S/C23H27N3O3/c1-17-7-6-8-19(15-17)24-23(28)26-13-11-25(12-14-26)22(27)16-18(2)20-9-4-5-10-21(20)29-3/h4-10,15-16H,11-14H2,1-3H3,(H,24,28). The number of hydrogen-bond donors (Lipinski definition) is 1. The molecule has 2 aromatic carbocycles. The summed E-state index contributed by atoms with van der Waals surface area (Å²) >= 11 is 0. The lowest BCUT2D eigenvalue weighted by Crippen LogP contribution is -2.51. The predicted molar refractivity (Wildman–Crippen MR) is 115 cm³/mol. The average Bonchev–Trinajstić information content (AvgIpc) is 2.73. The van der Waals surface area contributed by atoms with Gasteiger partial charge in [-0.2, -0.15) is 0 Å². The third-order valence-electron chi connectivity index (χ3n) is 5.02. The second-order valence-electron chi connectivity index (χ2n) is 7.14. The van der Waals surface area contributed by atoms with Crippen molar-refractivity contribution in [2.45, 2.75) is 13.8 Å². The minimum absolute atomic E-state index is 0.0489. The highest BCUT2D eigenvalue weighted by Gasteiger charge is 2.23. The second kappa shape index (κ2) is 9.28. The number of urea groups is 1. The Bertz CT molecular complexity index is 915. The van der Waals surface area contributed by atoms with E-state index in [1.165, 1.54) is 0 Å². The Hall–Kier alpha value is -3.28. The monoisotopic (exact) mass is 393 g/mol. The van der Waals surface area contributed by atoms with Gasteiger partial charge in [0.25, 0.3) is 0 Å². The van der Waals surface area contributed by atoms with Crippen molar-refractivity contribution >= 4 is 23.2 Å². The molecule has 2 aromatic rings. The number of allylic oxidation sites excluding steroid dienone is 1. The summed E-state index contributed by atoms with van der Waals surface area (Å²) in [5, 5.41) is 2.92. The molecule has 1 saturated heterocycles. The van der Waals surface area contributed by atoms with Crippen LogP contribution < -0.4 is 10.1 Å². The van der Waals surface area contributed by atoms with E-state index < -0.39 is 0 Å². The molecule has 6 nitrogen and oxygen atoms in total.